The minimum atomic E-state index is -4.74. The summed E-state index contributed by atoms with van der Waals surface area (Å²) in [6.45, 7) is -0.266. The molecule has 0 amide bonds. The lowest BCUT2D eigenvalue weighted by atomic mass is 10.1. The third-order valence-electron chi connectivity index (χ3n) is 4.86. The van der Waals surface area contributed by atoms with Crippen LogP contribution in [0.15, 0.2) is 65.6 Å². The van der Waals surface area contributed by atoms with Gasteiger partial charge < -0.3 is 4.74 Å². The summed E-state index contributed by atoms with van der Waals surface area (Å²) < 4.78 is 111. The van der Waals surface area contributed by atoms with Gasteiger partial charge in [-0.1, -0.05) is 12.1 Å². The van der Waals surface area contributed by atoms with E-state index in [0.29, 0.717) is 6.07 Å². The second-order valence-electron chi connectivity index (χ2n) is 7.04. The summed E-state index contributed by atoms with van der Waals surface area (Å²) in [5.74, 6) is 0.118. The van der Waals surface area contributed by atoms with Crippen molar-refractivity contribution in [2.75, 3.05) is 17.5 Å². The van der Waals surface area contributed by atoms with Crippen LogP contribution in [-0.2, 0) is 22.4 Å². The second kappa shape index (κ2) is 7.94. The average Bonchev–Trinajstić information content (AvgIpc) is 2.77. The van der Waals surface area contributed by atoms with Crippen molar-refractivity contribution in [3.63, 3.8) is 0 Å². The van der Waals surface area contributed by atoms with Gasteiger partial charge in [0.1, 0.15) is 18.1 Å². The molecule has 1 aliphatic rings. The first-order valence-electron chi connectivity index (χ1n) is 9.39. The quantitative estimate of drug-likeness (QED) is 0.465. The van der Waals surface area contributed by atoms with Gasteiger partial charge in [-0.25, -0.2) is 13.4 Å². The van der Waals surface area contributed by atoms with Gasteiger partial charge >= 0.3 is 12.4 Å². The summed E-state index contributed by atoms with van der Waals surface area (Å²) >= 11 is 0. The van der Waals surface area contributed by atoms with Gasteiger partial charge in [0.2, 0.25) is 0 Å². The lowest BCUT2D eigenvalue weighted by Gasteiger charge is -2.31. The van der Waals surface area contributed by atoms with E-state index in [-0.39, 0.29) is 35.8 Å². The molecule has 4 rings (SSSR count). The van der Waals surface area contributed by atoms with E-state index in [2.05, 4.69) is 4.98 Å². The number of hydrogen-bond acceptors (Lipinski definition) is 4. The van der Waals surface area contributed by atoms with E-state index >= 15 is 0 Å². The summed E-state index contributed by atoms with van der Waals surface area (Å²) in [7, 11) is -4.44. The molecule has 3 aromatic rings. The highest BCUT2D eigenvalue weighted by Crippen LogP contribution is 2.39. The van der Waals surface area contributed by atoms with E-state index in [1.54, 1.807) is 0 Å². The molecule has 33 heavy (non-hydrogen) atoms. The van der Waals surface area contributed by atoms with Crippen LogP contribution in [0.5, 0.6) is 5.75 Å². The third kappa shape index (κ3) is 4.47. The normalized spacial score (nSPS) is 14.5. The fourth-order valence-electron chi connectivity index (χ4n) is 3.32. The molecular formula is C21H14F6N2O3S. The summed E-state index contributed by atoms with van der Waals surface area (Å²) in [4.78, 5) is 3.01. The minimum Gasteiger partial charge on any atom is -0.489 e. The molecule has 12 heteroatoms. The molecule has 0 bridgehead atoms. The number of nitrogens with zero attached hydrogens (tertiary/aromatic N) is 2. The summed E-state index contributed by atoms with van der Waals surface area (Å²) in [6, 6.07) is 10.7. The second-order valence-corrected chi connectivity index (χ2v) is 8.90. The molecule has 2 aromatic carbocycles. The highest BCUT2D eigenvalue weighted by atomic mass is 32.2. The number of hydrogen-bond donors (Lipinski definition) is 0. The number of alkyl halides is 6. The van der Waals surface area contributed by atoms with Crippen LogP contribution < -0.4 is 9.04 Å². The number of benzene rings is 2. The monoisotopic (exact) mass is 488 g/mol. The van der Waals surface area contributed by atoms with E-state index in [4.69, 9.17) is 4.74 Å². The lowest BCUT2D eigenvalue weighted by Crippen LogP contribution is -2.38. The molecule has 2 heterocycles. The Morgan fingerprint density at radius 3 is 2.30 bits per heavy atom. The number of fused-ring (bicyclic) bond motifs is 1. The van der Waals surface area contributed by atoms with Crippen molar-refractivity contribution in [3.8, 4) is 17.0 Å². The van der Waals surface area contributed by atoms with Crippen molar-refractivity contribution in [2.24, 2.45) is 0 Å². The molecule has 0 unspecified atom stereocenters. The van der Waals surface area contributed by atoms with E-state index in [9.17, 15) is 34.8 Å². The Hall–Kier alpha value is -3.28. The first-order chi connectivity index (χ1) is 15.4. The van der Waals surface area contributed by atoms with Gasteiger partial charge in [-0.15, -0.1) is 0 Å². The fraction of sp³-hybridized carbons (Fsp3) is 0.190. The number of ether oxygens (including phenoxy) is 1. The first kappa shape index (κ1) is 22.9. The molecule has 174 valence electrons. The first-order valence-corrected chi connectivity index (χ1v) is 10.8. The van der Waals surface area contributed by atoms with Gasteiger partial charge in [0.05, 0.1) is 28.4 Å². The van der Waals surface area contributed by atoms with Gasteiger partial charge in [-0.2, -0.15) is 26.3 Å². The van der Waals surface area contributed by atoms with Crippen LogP contribution in [0.3, 0.4) is 0 Å². The lowest BCUT2D eigenvalue weighted by molar-refractivity contribution is -0.141. The van der Waals surface area contributed by atoms with Crippen LogP contribution in [0.1, 0.15) is 11.3 Å². The van der Waals surface area contributed by atoms with Crippen LogP contribution in [0.2, 0.25) is 0 Å². The Morgan fingerprint density at radius 1 is 0.879 bits per heavy atom. The average molecular weight is 488 g/mol. The molecule has 0 atom stereocenters. The number of pyridine rings is 1. The highest BCUT2D eigenvalue weighted by Gasteiger charge is 2.35. The Kier molecular flexibility index (Phi) is 5.51. The van der Waals surface area contributed by atoms with Crippen LogP contribution >= 0.6 is 0 Å². The zero-order valence-corrected chi connectivity index (χ0v) is 17.3. The van der Waals surface area contributed by atoms with Crippen molar-refractivity contribution < 1.29 is 39.5 Å². The zero-order valence-electron chi connectivity index (χ0n) is 16.5. The number of aromatic nitrogens is 1. The molecule has 0 saturated carbocycles. The molecular weight excluding hydrogens is 474 g/mol. The summed E-state index contributed by atoms with van der Waals surface area (Å²) in [6.07, 6.45) is -9.41. The maximum Gasteiger partial charge on any atom is 0.433 e. The highest BCUT2D eigenvalue weighted by molar-refractivity contribution is 7.92. The molecule has 0 aliphatic carbocycles. The standard InChI is InChI=1S/C21H14F6N2O3S/c22-20(23,24)14-3-1-4-15(12-14)33(30,31)29-9-10-32-18-8-7-13(11-17(18)29)16-5-2-6-19(28-16)21(25,26)27/h1-8,11-12H,9-10H2. The fourth-order valence-corrected chi connectivity index (χ4v) is 4.81. The minimum absolute atomic E-state index is 0.0182. The predicted molar refractivity (Wildman–Crippen MR) is 106 cm³/mol. The largest absolute Gasteiger partial charge is 0.489 e. The third-order valence-corrected chi connectivity index (χ3v) is 6.67. The number of halogens is 6. The number of rotatable bonds is 3. The maximum absolute atomic E-state index is 13.2. The Bertz CT molecular complexity index is 1310. The Morgan fingerprint density at radius 2 is 1.61 bits per heavy atom. The zero-order chi connectivity index (χ0) is 24.0. The molecule has 0 spiro atoms. The van der Waals surface area contributed by atoms with Crippen molar-refractivity contribution in [1.82, 2.24) is 4.98 Å². The van der Waals surface area contributed by atoms with E-state index < -0.39 is 38.5 Å². The van der Waals surface area contributed by atoms with Crippen LogP contribution in [0, 0.1) is 0 Å². The summed E-state index contributed by atoms with van der Waals surface area (Å²) in [5.41, 5.74) is -2.15. The topological polar surface area (TPSA) is 59.5 Å². The smallest absolute Gasteiger partial charge is 0.433 e. The number of anilines is 1. The van der Waals surface area contributed by atoms with E-state index in [1.165, 1.54) is 24.3 Å². The van der Waals surface area contributed by atoms with Crippen molar-refractivity contribution in [2.45, 2.75) is 17.2 Å². The van der Waals surface area contributed by atoms with E-state index in [1.807, 2.05) is 0 Å². The van der Waals surface area contributed by atoms with Gasteiger partial charge in [0.25, 0.3) is 10.0 Å². The van der Waals surface area contributed by atoms with Gasteiger partial charge in [-0.05, 0) is 48.5 Å². The molecule has 0 fully saturated rings. The molecule has 0 N–H and O–H groups in total. The van der Waals surface area contributed by atoms with Crippen molar-refractivity contribution in [3.05, 3.63) is 71.9 Å². The predicted octanol–water partition coefficient (Wildman–Crippen LogP) is 5.37. The SMILES string of the molecule is O=S(=O)(c1cccc(C(F)(F)F)c1)N1CCOc2ccc(-c3cccc(C(F)(F)F)n3)cc21. The molecule has 0 saturated heterocycles. The summed E-state index contributed by atoms with van der Waals surface area (Å²) in [5, 5.41) is 0. The Labute approximate surface area is 184 Å². The molecule has 5 nitrogen and oxygen atoms in total. The van der Waals surface area contributed by atoms with Gasteiger partial charge in [0.15, 0.2) is 0 Å². The molecule has 0 radical (unpaired) electrons. The van der Waals surface area contributed by atoms with Crippen LogP contribution in [0.4, 0.5) is 32.0 Å². The molecule has 1 aromatic heterocycles. The van der Waals surface area contributed by atoms with Gasteiger partial charge in [-0.3, -0.25) is 4.31 Å². The van der Waals surface area contributed by atoms with E-state index in [0.717, 1.165) is 34.6 Å². The van der Waals surface area contributed by atoms with Crippen LogP contribution in [0.25, 0.3) is 11.3 Å². The maximum atomic E-state index is 13.2. The van der Waals surface area contributed by atoms with Crippen LogP contribution in [-0.4, -0.2) is 26.6 Å². The molecule has 1 aliphatic heterocycles. The van der Waals surface area contributed by atoms with Crippen molar-refractivity contribution >= 4 is 15.7 Å². The van der Waals surface area contributed by atoms with Crippen molar-refractivity contribution in [1.29, 1.82) is 0 Å². The van der Waals surface area contributed by atoms with Gasteiger partial charge in [0, 0.05) is 5.56 Å². The number of sulfonamides is 1. The Balaban J connectivity index is 1.78.